The van der Waals surface area contributed by atoms with Crippen LogP contribution in [-0.4, -0.2) is 38.9 Å². The molecule has 20 heavy (non-hydrogen) atoms. The topological polar surface area (TPSA) is 99.4 Å². The van der Waals surface area contributed by atoms with Crippen LogP contribution in [0.15, 0.2) is 29.2 Å². The van der Waals surface area contributed by atoms with E-state index >= 15 is 0 Å². The lowest BCUT2D eigenvalue weighted by Gasteiger charge is -2.31. The van der Waals surface area contributed by atoms with Crippen LogP contribution in [-0.2, 0) is 14.8 Å². The van der Waals surface area contributed by atoms with Gasteiger partial charge in [0.25, 0.3) is 0 Å². The fraction of sp³-hybridized carbons (Fsp3) is 0.462. The minimum Gasteiger partial charge on any atom is -0.388 e. The molecule has 0 atom stereocenters. The molecule has 1 fully saturated rings. The van der Waals surface area contributed by atoms with E-state index in [0.717, 1.165) is 0 Å². The molecule has 1 aromatic rings. The normalized spacial score (nSPS) is 18.4. The van der Waals surface area contributed by atoms with Crippen LogP contribution in [0, 0.1) is 11.3 Å². The Morgan fingerprint density at radius 2 is 1.90 bits per heavy atom. The van der Waals surface area contributed by atoms with Crippen molar-refractivity contribution >= 4 is 10.0 Å². The zero-order valence-electron chi connectivity index (χ0n) is 10.9. The van der Waals surface area contributed by atoms with Crippen LogP contribution >= 0.6 is 0 Å². The summed E-state index contributed by atoms with van der Waals surface area (Å²) in [6.45, 7) is 0.808. The van der Waals surface area contributed by atoms with E-state index in [1.54, 1.807) is 0 Å². The highest BCUT2D eigenvalue weighted by Gasteiger charge is 2.31. The fourth-order valence-corrected chi connectivity index (χ4v) is 3.07. The molecule has 0 bridgehead atoms. The minimum absolute atomic E-state index is 0.0430. The number of sulfonamides is 1. The predicted octanol–water partition coefficient (Wildman–Crippen LogP) is 0.378. The van der Waals surface area contributed by atoms with Gasteiger partial charge in [-0.2, -0.15) is 5.26 Å². The Morgan fingerprint density at radius 1 is 1.30 bits per heavy atom. The van der Waals surface area contributed by atoms with Gasteiger partial charge < -0.3 is 9.84 Å². The van der Waals surface area contributed by atoms with Crippen LogP contribution in [0.4, 0.5) is 0 Å². The molecule has 2 N–H and O–H groups in total. The van der Waals surface area contributed by atoms with Crippen molar-refractivity contribution in [2.24, 2.45) is 0 Å². The fourth-order valence-electron chi connectivity index (χ4n) is 1.95. The Kier molecular flexibility index (Phi) is 4.40. The van der Waals surface area contributed by atoms with E-state index < -0.39 is 15.6 Å². The monoisotopic (exact) mass is 296 g/mol. The van der Waals surface area contributed by atoms with Gasteiger partial charge in [0, 0.05) is 32.6 Å². The van der Waals surface area contributed by atoms with Gasteiger partial charge in [-0.15, -0.1) is 0 Å². The quantitative estimate of drug-likeness (QED) is 0.836. The third kappa shape index (κ3) is 3.55. The van der Waals surface area contributed by atoms with E-state index in [0.29, 0.717) is 31.6 Å². The van der Waals surface area contributed by atoms with Gasteiger partial charge >= 0.3 is 0 Å². The molecule has 1 heterocycles. The van der Waals surface area contributed by atoms with Crippen molar-refractivity contribution in [3.8, 4) is 6.07 Å². The van der Waals surface area contributed by atoms with Crippen LogP contribution < -0.4 is 4.72 Å². The van der Waals surface area contributed by atoms with Crippen LogP contribution in [0.1, 0.15) is 18.4 Å². The molecule has 108 valence electrons. The maximum atomic E-state index is 12.1. The third-order valence-electron chi connectivity index (χ3n) is 3.31. The second-order valence-electron chi connectivity index (χ2n) is 4.80. The zero-order chi connectivity index (χ0) is 14.6. The number of benzene rings is 1. The van der Waals surface area contributed by atoms with Crippen LogP contribution in [0.3, 0.4) is 0 Å². The Labute approximate surface area is 118 Å². The number of hydrogen-bond acceptors (Lipinski definition) is 5. The summed E-state index contributed by atoms with van der Waals surface area (Å²) in [5.41, 5.74) is -0.662. The van der Waals surface area contributed by atoms with E-state index in [1.807, 2.05) is 6.07 Å². The molecule has 2 rings (SSSR count). The molecule has 6 nitrogen and oxygen atoms in total. The van der Waals surface area contributed by atoms with Gasteiger partial charge in [-0.05, 0) is 24.3 Å². The Balaban J connectivity index is 2.05. The molecule has 1 aliphatic rings. The van der Waals surface area contributed by atoms with Crippen molar-refractivity contribution in [2.75, 3.05) is 19.8 Å². The summed E-state index contributed by atoms with van der Waals surface area (Å²) in [6.07, 6.45) is 0.811. The van der Waals surface area contributed by atoms with Gasteiger partial charge in [-0.3, -0.25) is 0 Å². The summed E-state index contributed by atoms with van der Waals surface area (Å²) in [7, 11) is -3.68. The third-order valence-corrected chi connectivity index (χ3v) is 4.73. The average molecular weight is 296 g/mol. The van der Waals surface area contributed by atoms with E-state index in [9.17, 15) is 13.5 Å². The first kappa shape index (κ1) is 14.9. The van der Waals surface area contributed by atoms with Gasteiger partial charge in [0.1, 0.15) is 0 Å². The molecule has 0 saturated carbocycles. The molecule has 0 amide bonds. The molecule has 1 aliphatic heterocycles. The van der Waals surface area contributed by atoms with Gasteiger partial charge in [0.05, 0.1) is 22.1 Å². The average Bonchev–Trinajstić information content (AvgIpc) is 2.46. The highest BCUT2D eigenvalue weighted by Crippen LogP contribution is 2.20. The van der Waals surface area contributed by atoms with Gasteiger partial charge in [0.2, 0.25) is 10.0 Å². The predicted molar refractivity (Wildman–Crippen MR) is 71.3 cm³/mol. The Morgan fingerprint density at radius 3 is 2.45 bits per heavy atom. The van der Waals surface area contributed by atoms with Crippen LogP contribution in [0.25, 0.3) is 0 Å². The van der Waals surface area contributed by atoms with Gasteiger partial charge in [-0.25, -0.2) is 13.1 Å². The molecule has 0 aromatic heterocycles. The van der Waals surface area contributed by atoms with E-state index in [-0.39, 0.29) is 11.4 Å². The maximum absolute atomic E-state index is 12.1. The van der Waals surface area contributed by atoms with Crippen LogP contribution in [0.2, 0.25) is 0 Å². The summed E-state index contributed by atoms with van der Waals surface area (Å²) >= 11 is 0. The van der Waals surface area contributed by atoms with Crippen LogP contribution in [0.5, 0.6) is 0 Å². The largest absolute Gasteiger partial charge is 0.388 e. The number of rotatable bonds is 4. The summed E-state index contributed by atoms with van der Waals surface area (Å²) in [4.78, 5) is 0.0761. The molecule has 1 saturated heterocycles. The second kappa shape index (κ2) is 5.89. The number of aliphatic hydroxyl groups is 1. The lowest BCUT2D eigenvalue weighted by Crippen LogP contribution is -2.46. The molecule has 7 heteroatoms. The van der Waals surface area contributed by atoms with Crippen molar-refractivity contribution in [3.05, 3.63) is 29.8 Å². The van der Waals surface area contributed by atoms with Gasteiger partial charge in [0.15, 0.2) is 0 Å². The second-order valence-corrected chi connectivity index (χ2v) is 6.56. The van der Waals surface area contributed by atoms with Gasteiger partial charge in [-0.1, -0.05) is 0 Å². The van der Waals surface area contributed by atoms with Crippen molar-refractivity contribution in [1.82, 2.24) is 4.72 Å². The lowest BCUT2D eigenvalue weighted by atomic mass is 9.95. The highest BCUT2D eigenvalue weighted by atomic mass is 32.2. The molecular formula is C13H16N2O4S. The summed E-state index contributed by atoms with van der Waals surface area (Å²) in [5, 5.41) is 18.9. The van der Waals surface area contributed by atoms with E-state index in [1.165, 1.54) is 24.3 Å². The van der Waals surface area contributed by atoms with Crippen molar-refractivity contribution < 1.29 is 18.3 Å². The molecular weight excluding hydrogens is 280 g/mol. The van der Waals surface area contributed by atoms with Crippen molar-refractivity contribution in [3.63, 3.8) is 0 Å². The molecule has 0 aliphatic carbocycles. The smallest absolute Gasteiger partial charge is 0.240 e. The van der Waals surface area contributed by atoms with E-state index in [4.69, 9.17) is 10.00 Å². The first-order chi connectivity index (χ1) is 9.45. The number of hydrogen-bond donors (Lipinski definition) is 2. The van der Waals surface area contributed by atoms with Crippen molar-refractivity contribution in [2.45, 2.75) is 23.3 Å². The Bertz CT molecular complexity index is 598. The Hall–Kier alpha value is -1.46. The molecule has 0 radical (unpaired) electrons. The number of nitrogens with one attached hydrogen (secondary N) is 1. The standard InChI is InChI=1S/C13H16N2O4S/c14-9-11-1-3-12(4-2-11)20(17,18)15-10-13(16)5-7-19-8-6-13/h1-4,15-16H,5-8,10H2. The first-order valence-electron chi connectivity index (χ1n) is 6.25. The summed E-state index contributed by atoms with van der Waals surface area (Å²) in [6, 6.07) is 7.55. The number of ether oxygens (including phenoxy) is 1. The highest BCUT2D eigenvalue weighted by molar-refractivity contribution is 7.89. The number of nitriles is 1. The molecule has 1 aromatic carbocycles. The SMILES string of the molecule is N#Cc1ccc(S(=O)(=O)NCC2(O)CCOCC2)cc1. The maximum Gasteiger partial charge on any atom is 0.240 e. The number of nitrogens with zero attached hydrogens (tertiary/aromatic N) is 1. The van der Waals surface area contributed by atoms with E-state index in [2.05, 4.69) is 4.72 Å². The first-order valence-corrected chi connectivity index (χ1v) is 7.73. The lowest BCUT2D eigenvalue weighted by molar-refractivity contribution is -0.0588. The molecule has 0 spiro atoms. The minimum atomic E-state index is -3.68. The summed E-state index contributed by atoms with van der Waals surface area (Å²) in [5.74, 6) is 0. The molecule has 0 unspecified atom stereocenters. The summed E-state index contributed by atoms with van der Waals surface area (Å²) < 4.78 is 31.7. The zero-order valence-corrected chi connectivity index (χ0v) is 11.7. The van der Waals surface area contributed by atoms with Crippen molar-refractivity contribution in [1.29, 1.82) is 5.26 Å².